The minimum Gasteiger partial charge on any atom is -0.399 e. The topological polar surface area (TPSA) is 71.3 Å². The molecule has 5 heteroatoms. The zero-order chi connectivity index (χ0) is 14.8. The molecule has 0 spiro atoms. The monoisotopic (exact) mass is 287 g/mol. The number of aromatic amines is 1. The van der Waals surface area contributed by atoms with Crippen molar-refractivity contribution in [3.63, 3.8) is 0 Å². The van der Waals surface area contributed by atoms with Crippen molar-refractivity contribution < 1.29 is 9.53 Å². The van der Waals surface area contributed by atoms with E-state index in [0.29, 0.717) is 17.2 Å². The fourth-order valence-electron chi connectivity index (χ4n) is 2.95. The first-order chi connectivity index (χ1) is 10.1. The number of carbonyl (C=O) groups excluding carboxylic acids is 1. The van der Waals surface area contributed by atoms with E-state index in [1.165, 1.54) is 0 Å². The molecular formula is C16H21N3O2. The number of nitrogens with one attached hydrogen (secondary N) is 1. The van der Waals surface area contributed by atoms with E-state index in [1.807, 2.05) is 25.2 Å². The van der Waals surface area contributed by atoms with Crippen LogP contribution in [-0.2, 0) is 4.74 Å². The second-order valence-corrected chi connectivity index (χ2v) is 5.78. The number of amides is 1. The minimum absolute atomic E-state index is 0.0385. The Hall–Kier alpha value is -2.01. The van der Waals surface area contributed by atoms with Crippen LogP contribution in [0.3, 0.4) is 0 Å². The van der Waals surface area contributed by atoms with Gasteiger partial charge in [0.2, 0.25) is 0 Å². The lowest BCUT2D eigenvalue weighted by molar-refractivity contribution is 0.0389. The van der Waals surface area contributed by atoms with Crippen LogP contribution in [-0.4, -0.2) is 42.6 Å². The molecule has 0 saturated carbocycles. The van der Waals surface area contributed by atoms with Crippen molar-refractivity contribution in [2.75, 3.05) is 32.5 Å². The number of ether oxygens (including phenoxy) is 1. The van der Waals surface area contributed by atoms with Gasteiger partial charge in [-0.05, 0) is 37.0 Å². The number of aromatic nitrogens is 1. The molecule has 0 radical (unpaired) electrons. The third-order valence-electron chi connectivity index (χ3n) is 4.07. The Morgan fingerprint density at radius 2 is 2.38 bits per heavy atom. The van der Waals surface area contributed by atoms with Crippen LogP contribution in [0.2, 0.25) is 0 Å². The second-order valence-electron chi connectivity index (χ2n) is 5.78. The van der Waals surface area contributed by atoms with Crippen molar-refractivity contribution in [1.82, 2.24) is 9.88 Å². The number of nitrogens with two attached hydrogens (primary N) is 1. The second kappa shape index (κ2) is 5.77. The van der Waals surface area contributed by atoms with Crippen molar-refractivity contribution in [2.45, 2.75) is 12.8 Å². The van der Waals surface area contributed by atoms with Gasteiger partial charge < -0.3 is 20.4 Å². The summed E-state index contributed by atoms with van der Waals surface area (Å²) in [5, 5.41) is 0.918. The van der Waals surface area contributed by atoms with Crippen LogP contribution < -0.4 is 5.73 Å². The molecule has 3 rings (SSSR count). The summed E-state index contributed by atoms with van der Waals surface area (Å²) in [6.45, 7) is 2.33. The molecule has 1 aromatic heterocycles. The van der Waals surface area contributed by atoms with Gasteiger partial charge in [-0.25, -0.2) is 0 Å². The van der Waals surface area contributed by atoms with Crippen LogP contribution in [0.1, 0.15) is 23.2 Å². The molecule has 1 atom stereocenters. The van der Waals surface area contributed by atoms with Crippen molar-refractivity contribution in [2.24, 2.45) is 5.92 Å². The van der Waals surface area contributed by atoms with Crippen molar-refractivity contribution in [3.05, 3.63) is 30.0 Å². The van der Waals surface area contributed by atoms with Gasteiger partial charge in [-0.2, -0.15) is 0 Å². The Morgan fingerprint density at radius 3 is 3.14 bits per heavy atom. The number of fused-ring (bicyclic) bond motifs is 1. The Labute approximate surface area is 124 Å². The molecule has 2 heterocycles. The molecule has 21 heavy (non-hydrogen) atoms. The van der Waals surface area contributed by atoms with Crippen molar-refractivity contribution >= 4 is 22.5 Å². The highest BCUT2D eigenvalue weighted by atomic mass is 16.5. The zero-order valence-electron chi connectivity index (χ0n) is 12.3. The molecule has 0 aliphatic carbocycles. The standard InChI is InChI=1S/C16H21N3O2/c1-19(9-11-3-2-6-21-10-11)16(20)14-8-18-15-7-12(17)4-5-13(14)15/h4-5,7-8,11,18H,2-3,6,9-10,17H2,1H3. The summed E-state index contributed by atoms with van der Waals surface area (Å²) in [5.41, 5.74) is 8.05. The smallest absolute Gasteiger partial charge is 0.255 e. The maximum atomic E-state index is 12.6. The van der Waals surface area contributed by atoms with E-state index >= 15 is 0 Å². The molecule has 1 aliphatic rings. The van der Waals surface area contributed by atoms with E-state index in [4.69, 9.17) is 10.5 Å². The zero-order valence-corrected chi connectivity index (χ0v) is 12.3. The third-order valence-corrected chi connectivity index (χ3v) is 4.07. The van der Waals surface area contributed by atoms with Gasteiger partial charge in [0.15, 0.2) is 0 Å². The van der Waals surface area contributed by atoms with Gasteiger partial charge in [0, 0.05) is 43.0 Å². The quantitative estimate of drug-likeness (QED) is 0.851. The molecule has 5 nitrogen and oxygen atoms in total. The van der Waals surface area contributed by atoms with E-state index in [2.05, 4.69) is 4.98 Å². The van der Waals surface area contributed by atoms with Crippen molar-refractivity contribution in [1.29, 1.82) is 0 Å². The summed E-state index contributed by atoms with van der Waals surface area (Å²) in [7, 11) is 1.85. The molecule has 1 saturated heterocycles. The molecule has 1 aliphatic heterocycles. The Balaban J connectivity index is 1.76. The number of rotatable bonds is 3. The van der Waals surface area contributed by atoms with Gasteiger partial charge in [-0.3, -0.25) is 4.79 Å². The highest BCUT2D eigenvalue weighted by molar-refractivity contribution is 6.07. The first-order valence-corrected chi connectivity index (χ1v) is 7.35. The Bertz CT molecular complexity index is 644. The first-order valence-electron chi connectivity index (χ1n) is 7.35. The van der Waals surface area contributed by atoms with E-state index < -0.39 is 0 Å². The van der Waals surface area contributed by atoms with Gasteiger partial charge in [0.05, 0.1) is 12.2 Å². The summed E-state index contributed by atoms with van der Waals surface area (Å²) in [6.07, 6.45) is 3.97. The molecule has 0 bridgehead atoms. The fraction of sp³-hybridized carbons (Fsp3) is 0.438. The van der Waals surface area contributed by atoms with Crippen LogP contribution in [0.25, 0.3) is 10.9 Å². The first kappa shape index (κ1) is 13.9. The summed E-state index contributed by atoms with van der Waals surface area (Å²) >= 11 is 0. The average Bonchev–Trinajstić information content (AvgIpc) is 2.90. The maximum Gasteiger partial charge on any atom is 0.255 e. The van der Waals surface area contributed by atoms with Gasteiger partial charge >= 0.3 is 0 Å². The predicted molar refractivity (Wildman–Crippen MR) is 83.2 cm³/mol. The predicted octanol–water partition coefficient (Wildman–Crippen LogP) is 2.25. The number of anilines is 1. The summed E-state index contributed by atoms with van der Waals surface area (Å²) in [6, 6.07) is 5.56. The maximum absolute atomic E-state index is 12.6. The SMILES string of the molecule is CN(CC1CCCOC1)C(=O)c1c[nH]c2cc(N)ccc12. The van der Waals surface area contributed by atoms with Gasteiger partial charge in [0.25, 0.3) is 5.91 Å². The highest BCUT2D eigenvalue weighted by Crippen LogP contribution is 2.22. The fourth-order valence-corrected chi connectivity index (χ4v) is 2.95. The lowest BCUT2D eigenvalue weighted by Crippen LogP contribution is -2.35. The van der Waals surface area contributed by atoms with Crippen LogP contribution in [0, 0.1) is 5.92 Å². The van der Waals surface area contributed by atoms with Crippen LogP contribution >= 0.6 is 0 Å². The average molecular weight is 287 g/mol. The number of nitrogens with zero attached hydrogens (tertiary/aromatic N) is 1. The number of hydrogen-bond acceptors (Lipinski definition) is 3. The summed E-state index contributed by atoms with van der Waals surface area (Å²) in [4.78, 5) is 17.5. The molecule has 1 unspecified atom stereocenters. The lowest BCUT2D eigenvalue weighted by atomic mass is 10.0. The van der Waals surface area contributed by atoms with Gasteiger partial charge in [0.1, 0.15) is 0 Å². The van der Waals surface area contributed by atoms with Crippen LogP contribution in [0.15, 0.2) is 24.4 Å². The molecule has 1 aromatic carbocycles. The summed E-state index contributed by atoms with van der Waals surface area (Å²) < 4.78 is 5.48. The lowest BCUT2D eigenvalue weighted by Gasteiger charge is -2.27. The Morgan fingerprint density at radius 1 is 1.52 bits per heavy atom. The number of carbonyl (C=O) groups is 1. The summed E-state index contributed by atoms with van der Waals surface area (Å²) in [5.74, 6) is 0.477. The molecular weight excluding hydrogens is 266 g/mol. The molecule has 3 N–H and O–H groups in total. The molecule has 112 valence electrons. The third kappa shape index (κ3) is 2.88. The number of benzene rings is 1. The molecule has 1 fully saturated rings. The number of H-pyrrole nitrogens is 1. The largest absolute Gasteiger partial charge is 0.399 e. The van der Waals surface area contributed by atoms with Crippen LogP contribution in [0.4, 0.5) is 5.69 Å². The molecule has 1 amide bonds. The number of hydrogen-bond donors (Lipinski definition) is 2. The molecule has 2 aromatic rings. The normalized spacial score (nSPS) is 18.8. The van der Waals surface area contributed by atoms with E-state index in [1.54, 1.807) is 11.1 Å². The van der Waals surface area contributed by atoms with Gasteiger partial charge in [-0.1, -0.05) is 0 Å². The van der Waals surface area contributed by atoms with Crippen molar-refractivity contribution in [3.8, 4) is 0 Å². The Kier molecular flexibility index (Phi) is 3.84. The van der Waals surface area contributed by atoms with Crippen LogP contribution in [0.5, 0.6) is 0 Å². The van der Waals surface area contributed by atoms with Gasteiger partial charge in [-0.15, -0.1) is 0 Å². The number of nitrogen functional groups attached to an aromatic ring is 1. The highest BCUT2D eigenvalue weighted by Gasteiger charge is 2.21. The minimum atomic E-state index is 0.0385. The van der Waals surface area contributed by atoms with E-state index in [9.17, 15) is 4.79 Å². The van der Waals surface area contributed by atoms with E-state index in [-0.39, 0.29) is 5.91 Å². The van der Waals surface area contributed by atoms with E-state index in [0.717, 1.165) is 43.5 Å².